The first-order valence-electron chi connectivity index (χ1n) is 29.3. The van der Waals surface area contributed by atoms with Crippen LogP contribution in [0.25, 0.3) is 11.0 Å². The molecule has 2 aromatic heterocycles. The normalized spacial score (nSPS) is 26.9. The number of ether oxygens (including phenoxy) is 5. The fraction of sp³-hybridized carbons (Fsp3) is 0.559. The van der Waals surface area contributed by atoms with Gasteiger partial charge >= 0.3 is 7.82 Å². The van der Waals surface area contributed by atoms with Gasteiger partial charge in [0.1, 0.15) is 29.8 Å². The minimum Gasteiger partial charge on any atom is -0.491 e. The Morgan fingerprint density at radius 3 is 2.41 bits per heavy atom. The summed E-state index contributed by atoms with van der Waals surface area (Å²) in [5.74, 6) is 0.145. The van der Waals surface area contributed by atoms with Gasteiger partial charge in [0.15, 0.2) is 11.4 Å². The Labute approximate surface area is 483 Å². The number of fused-ring (bicyclic) bond motifs is 4. The van der Waals surface area contributed by atoms with Gasteiger partial charge in [-0.1, -0.05) is 18.2 Å². The monoisotopic (exact) mass is 1180 g/mol. The van der Waals surface area contributed by atoms with Gasteiger partial charge in [-0.05, 0) is 152 Å². The topological polar surface area (TPSA) is 270 Å². The molecule has 5 N–H and O–H groups in total. The molecule has 5 aromatic rings. The molecule has 22 nitrogen and oxygen atoms in total. The Bertz CT molecular complexity index is 3410. The molecule has 0 radical (unpaired) electrons. The van der Waals surface area contributed by atoms with Crippen LogP contribution in [0.2, 0.25) is 0 Å². The third-order valence-corrected chi connectivity index (χ3v) is 20.7. The van der Waals surface area contributed by atoms with E-state index in [9.17, 15) is 37.7 Å². The molecule has 7 heterocycles. The minimum absolute atomic E-state index is 0.00546. The van der Waals surface area contributed by atoms with E-state index in [1.807, 2.05) is 30.3 Å². The van der Waals surface area contributed by atoms with Crippen LogP contribution in [0.5, 0.6) is 17.4 Å². The summed E-state index contributed by atoms with van der Waals surface area (Å²) in [5.41, 5.74) is 2.37. The molecule has 7 aliphatic rings. The predicted octanol–water partition coefficient (Wildman–Crippen LogP) is 9.68. The van der Waals surface area contributed by atoms with Gasteiger partial charge in [-0.3, -0.25) is 24.3 Å². The molecular weight excluding hydrogens is 1110 g/mol. The summed E-state index contributed by atoms with van der Waals surface area (Å²) in [5, 5.41) is 16.8. The van der Waals surface area contributed by atoms with Crippen LogP contribution in [0.3, 0.4) is 0 Å². The number of pyridine rings is 1. The van der Waals surface area contributed by atoms with E-state index < -0.39 is 57.0 Å². The van der Waals surface area contributed by atoms with Gasteiger partial charge in [-0.15, -0.1) is 0 Å². The number of benzene rings is 3. The van der Waals surface area contributed by atoms with E-state index in [0.29, 0.717) is 80.3 Å². The van der Waals surface area contributed by atoms with Crippen molar-refractivity contribution in [1.82, 2.24) is 19.6 Å². The average molecular weight is 1180 g/mol. The third-order valence-electron chi connectivity index (χ3n) is 18.7. The summed E-state index contributed by atoms with van der Waals surface area (Å²) in [6.07, 6.45) is 10.9. The van der Waals surface area contributed by atoms with E-state index in [1.54, 1.807) is 19.2 Å². The van der Waals surface area contributed by atoms with Crippen molar-refractivity contribution in [3.05, 3.63) is 94.2 Å². The van der Waals surface area contributed by atoms with E-state index >= 15 is 0 Å². The second-order valence-electron chi connectivity index (χ2n) is 24.4. The number of nitrogens with zero attached hydrogens (tertiary/aromatic N) is 5. The van der Waals surface area contributed by atoms with Crippen LogP contribution >= 0.6 is 7.82 Å². The van der Waals surface area contributed by atoms with Gasteiger partial charge in [0, 0.05) is 73.4 Å². The summed E-state index contributed by atoms with van der Waals surface area (Å²) in [4.78, 5) is 60.6. The molecule has 446 valence electrons. The number of phosphoric ester groups is 1. The summed E-state index contributed by atoms with van der Waals surface area (Å²) in [7, 11) is -9.52. The van der Waals surface area contributed by atoms with Gasteiger partial charge in [0.2, 0.25) is 5.88 Å². The first-order valence-corrected chi connectivity index (χ1v) is 32.3. The number of hydrogen-bond acceptors (Lipinski definition) is 17. The number of rotatable bonds is 13. The molecule has 5 aliphatic heterocycles. The number of nitro benzene ring substituents is 1. The molecule has 0 unspecified atom stereocenters. The maximum atomic E-state index is 15.0. The fourth-order valence-electron chi connectivity index (χ4n) is 14.3. The highest BCUT2D eigenvalue weighted by atomic mass is 32.2. The van der Waals surface area contributed by atoms with E-state index in [2.05, 4.69) is 68.7 Å². The number of hydrogen-bond donors (Lipinski definition) is 5. The van der Waals surface area contributed by atoms with Crippen LogP contribution < -0.4 is 34.0 Å². The summed E-state index contributed by atoms with van der Waals surface area (Å²) in [6.45, 7) is 11.8. The molecule has 5 atom stereocenters. The number of amides is 1. The van der Waals surface area contributed by atoms with Crippen molar-refractivity contribution in [1.29, 1.82) is 0 Å². The number of H-pyrrole nitrogens is 1. The highest BCUT2D eigenvalue weighted by Gasteiger charge is 2.46. The Morgan fingerprint density at radius 2 is 1.66 bits per heavy atom. The molecule has 0 bridgehead atoms. The molecule has 1 spiro atoms. The largest absolute Gasteiger partial charge is 0.491 e. The summed E-state index contributed by atoms with van der Waals surface area (Å²) >= 11 is 0. The molecule has 83 heavy (non-hydrogen) atoms. The SMILES string of the molecule is CC(C)Oc1ccccc1[C@@H]1COCC[C@@H](C)N1C1CCC2(CC1)CCN(c1ccc(C(=O)NS(=O)(=O)c3cc4c(c([N+](=O)[O-])c3)N[C@@H](C3CCC(C)(OP(=O)(O)O)CC3)CO4)c(N3c4cc5cc[nH]c5nc4O[C@H]4COCC[C@@H]43)c1)CC2. The van der Waals surface area contributed by atoms with Crippen molar-refractivity contribution < 1.29 is 60.7 Å². The molecule has 12 rings (SSSR count). The standard InChI is InChI=1S/C59H75N8O14PS/c1-36(2)79-51-8-6-5-7-43(51)50-34-76-27-16-37(3)65(50)40-13-20-59(21-14-40)22-25-64(26-23-59)41-9-10-44(47(30-41)66-46-17-28-77-35-53(46)80-57-49(66)29-39-15-24-60-55(39)62-57)56(68)63-83(74,75)42-31-48(67(69)70)54-52(32-42)78-33-45(61-54)38-11-18-58(4,19-12-38)81-82(71,72)73/h5-10,15,24,29-32,36-38,40,45-46,50,53,61H,11-14,16-23,25-28,33-35H2,1-4H3,(H,60,62)(H,63,68)(H2,71,72,73)/t37-,38?,45-,46+,50+,53+,58?/m1/s1. The molecule has 5 fully saturated rings. The lowest BCUT2D eigenvalue weighted by Crippen LogP contribution is -2.53. The second kappa shape index (κ2) is 22.8. The lowest BCUT2D eigenvalue weighted by atomic mass is 9.66. The Morgan fingerprint density at radius 1 is 0.916 bits per heavy atom. The van der Waals surface area contributed by atoms with Crippen molar-refractivity contribution >= 4 is 63.2 Å². The number of aromatic nitrogens is 2. The second-order valence-corrected chi connectivity index (χ2v) is 27.3. The van der Waals surface area contributed by atoms with Crippen LogP contribution in [-0.4, -0.2) is 132 Å². The lowest BCUT2D eigenvalue weighted by Gasteiger charge is -2.50. The van der Waals surface area contributed by atoms with Crippen LogP contribution in [0, 0.1) is 21.4 Å². The Balaban J connectivity index is 0.806. The molecule has 24 heteroatoms. The van der Waals surface area contributed by atoms with E-state index in [4.69, 9.17) is 33.2 Å². The number of phosphoric acid groups is 1. The molecule has 2 saturated carbocycles. The number of carbonyl (C=O) groups excluding carboxylic acids is 1. The van der Waals surface area contributed by atoms with Crippen molar-refractivity contribution in [2.75, 3.05) is 61.2 Å². The number of para-hydroxylation sites is 1. The molecule has 2 aliphatic carbocycles. The number of nitrogens with one attached hydrogen (secondary N) is 3. The van der Waals surface area contributed by atoms with Crippen molar-refractivity contribution in [2.45, 2.75) is 158 Å². The zero-order chi connectivity index (χ0) is 58.0. The van der Waals surface area contributed by atoms with E-state index in [1.165, 1.54) is 11.6 Å². The van der Waals surface area contributed by atoms with Crippen molar-refractivity contribution in [3.63, 3.8) is 0 Å². The van der Waals surface area contributed by atoms with Crippen molar-refractivity contribution in [2.24, 2.45) is 11.3 Å². The van der Waals surface area contributed by atoms with Crippen LogP contribution in [-0.2, 0) is 28.6 Å². The van der Waals surface area contributed by atoms with Crippen LogP contribution in [0.1, 0.15) is 127 Å². The molecule has 3 saturated heterocycles. The first kappa shape index (κ1) is 57.4. The average Bonchev–Trinajstić information content (AvgIpc) is 3.97. The van der Waals surface area contributed by atoms with Crippen LogP contribution in [0.15, 0.2) is 77.8 Å². The summed E-state index contributed by atoms with van der Waals surface area (Å²) in [6, 6.07) is 20.0. The maximum absolute atomic E-state index is 15.0. The number of anilines is 4. The number of sulfonamides is 1. The number of piperidine rings is 1. The maximum Gasteiger partial charge on any atom is 0.470 e. The highest BCUT2D eigenvalue weighted by molar-refractivity contribution is 7.90. The van der Waals surface area contributed by atoms with Gasteiger partial charge in [-0.2, -0.15) is 4.98 Å². The van der Waals surface area contributed by atoms with Gasteiger partial charge in [0.05, 0.1) is 64.1 Å². The van der Waals surface area contributed by atoms with Gasteiger partial charge in [-0.25, -0.2) is 17.7 Å². The van der Waals surface area contributed by atoms with E-state index in [0.717, 1.165) is 87.5 Å². The quantitative estimate of drug-likeness (QED) is 0.0417. The fourth-order valence-corrected chi connectivity index (χ4v) is 16.1. The number of carbonyl (C=O) groups is 1. The summed E-state index contributed by atoms with van der Waals surface area (Å²) < 4.78 is 79.3. The van der Waals surface area contributed by atoms with Gasteiger partial charge < -0.3 is 53.6 Å². The number of nitro groups is 1. The molecule has 1 amide bonds. The zero-order valence-electron chi connectivity index (χ0n) is 47.4. The predicted molar refractivity (Wildman–Crippen MR) is 310 cm³/mol. The molecular formula is C59H75N8O14PS. The lowest BCUT2D eigenvalue weighted by molar-refractivity contribution is -0.384. The van der Waals surface area contributed by atoms with Gasteiger partial charge in [0.25, 0.3) is 21.6 Å². The zero-order valence-corrected chi connectivity index (χ0v) is 49.1. The van der Waals surface area contributed by atoms with Crippen molar-refractivity contribution in [3.8, 4) is 17.4 Å². The Kier molecular flexibility index (Phi) is 15.7. The smallest absolute Gasteiger partial charge is 0.470 e. The minimum atomic E-state index is -4.79. The third kappa shape index (κ3) is 11.8. The molecule has 3 aromatic carbocycles. The first-order chi connectivity index (χ1) is 39.7. The highest BCUT2D eigenvalue weighted by Crippen LogP contribution is 2.52. The number of aromatic amines is 1. The van der Waals surface area contributed by atoms with E-state index in [-0.39, 0.29) is 59.7 Å². The van der Waals surface area contributed by atoms with Crippen LogP contribution in [0.4, 0.5) is 28.4 Å². The Hall–Kier alpha value is -6.04.